The van der Waals surface area contributed by atoms with E-state index < -0.39 is 0 Å². The molecule has 0 aromatic carbocycles. The van der Waals surface area contributed by atoms with Crippen molar-refractivity contribution in [3.8, 4) is 0 Å². The van der Waals surface area contributed by atoms with E-state index in [4.69, 9.17) is 17.3 Å². The maximum Gasteiger partial charge on any atom is 0.254 e. The third-order valence-electron chi connectivity index (χ3n) is 3.14. The first kappa shape index (κ1) is 13.1. The van der Waals surface area contributed by atoms with E-state index in [-0.39, 0.29) is 23.2 Å². The van der Waals surface area contributed by atoms with Crippen molar-refractivity contribution in [3.63, 3.8) is 0 Å². The number of carbonyl (C=O) groups is 1. The molecule has 1 amide bonds. The number of carbonyl (C=O) groups excluding carboxylic acids is 1. The van der Waals surface area contributed by atoms with Gasteiger partial charge in [-0.2, -0.15) is 0 Å². The van der Waals surface area contributed by atoms with Gasteiger partial charge in [0.15, 0.2) is 0 Å². The number of halogens is 1. The van der Waals surface area contributed by atoms with Gasteiger partial charge in [-0.25, -0.2) is 4.98 Å². The molecule has 1 saturated carbocycles. The molecule has 0 bridgehead atoms. The van der Waals surface area contributed by atoms with Crippen molar-refractivity contribution in [2.45, 2.75) is 37.8 Å². The van der Waals surface area contributed by atoms with E-state index in [9.17, 15) is 9.90 Å². The minimum Gasteiger partial charge on any atom is -0.397 e. The Morgan fingerprint density at radius 3 is 2.78 bits per heavy atom. The first-order valence-corrected chi connectivity index (χ1v) is 6.34. The number of nitrogen functional groups attached to an aromatic ring is 1. The summed E-state index contributed by atoms with van der Waals surface area (Å²) in [5, 5.41) is 12.4. The van der Waals surface area contributed by atoms with Gasteiger partial charge in [0.25, 0.3) is 5.91 Å². The Bertz CT molecular complexity index is 445. The van der Waals surface area contributed by atoms with Gasteiger partial charge < -0.3 is 16.2 Å². The number of aliphatic hydroxyl groups excluding tert-OH is 1. The highest BCUT2D eigenvalue weighted by Crippen LogP contribution is 2.20. The molecular weight excluding hydrogens is 254 g/mol. The van der Waals surface area contributed by atoms with Crippen molar-refractivity contribution in [3.05, 3.63) is 23.0 Å². The fourth-order valence-electron chi connectivity index (χ4n) is 2.11. The molecule has 0 unspecified atom stereocenters. The normalized spacial score (nSPS) is 23.7. The van der Waals surface area contributed by atoms with Crippen LogP contribution in [0.1, 0.15) is 36.0 Å². The number of pyridine rings is 1. The lowest BCUT2D eigenvalue weighted by Gasteiger charge is -2.26. The second-order valence-electron chi connectivity index (χ2n) is 4.59. The Morgan fingerprint density at radius 1 is 1.44 bits per heavy atom. The summed E-state index contributed by atoms with van der Waals surface area (Å²) in [6.07, 6.45) is 4.16. The summed E-state index contributed by atoms with van der Waals surface area (Å²) >= 11 is 5.86. The Kier molecular flexibility index (Phi) is 4.04. The number of rotatable bonds is 2. The van der Waals surface area contributed by atoms with Gasteiger partial charge in [-0.15, -0.1) is 0 Å². The van der Waals surface area contributed by atoms with Gasteiger partial charge in [0, 0.05) is 6.04 Å². The topological polar surface area (TPSA) is 88.2 Å². The monoisotopic (exact) mass is 269 g/mol. The zero-order valence-electron chi connectivity index (χ0n) is 9.90. The molecule has 1 heterocycles. The van der Waals surface area contributed by atoms with Gasteiger partial charge in [0.1, 0.15) is 5.15 Å². The van der Waals surface area contributed by atoms with Gasteiger partial charge in [-0.05, 0) is 31.7 Å². The van der Waals surface area contributed by atoms with E-state index in [0.717, 1.165) is 12.8 Å². The van der Waals surface area contributed by atoms with Crippen molar-refractivity contribution in [2.75, 3.05) is 5.73 Å². The maximum atomic E-state index is 12.0. The Balaban J connectivity index is 2.01. The molecule has 0 atom stereocenters. The van der Waals surface area contributed by atoms with E-state index in [0.29, 0.717) is 24.1 Å². The molecular formula is C12H16ClN3O2. The van der Waals surface area contributed by atoms with Crippen LogP contribution < -0.4 is 11.1 Å². The molecule has 6 heteroatoms. The fourth-order valence-corrected chi connectivity index (χ4v) is 2.30. The SMILES string of the molecule is Nc1cnc(Cl)c(C(=O)NC2CCC(O)CC2)c1. The van der Waals surface area contributed by atoms with Crippen LogP contribution in [0.3, 0.4) is 0 Å². The van der Waals surface area contributed by atoms with Gasteiger partial charge in [0.05, 0.1) is 23.6 Å². The first-order valence-electron chi connectivity index (χ1n) is 5.96. The Hall–Kier alpha value is -1.33. The summed E-state index contributed by atoms with van der Waals surface area (Å²) < 4.78 is 0. The summed E-state index contributed by atoms with van der Waals surface area (Å²) in [7, 11) is 0. The molecule has 0 spiro atoms. The van der Waals surface area contributed by atoms with Crippen LogP contribution in [0.4, 0.5) is 5.69 Å². The van der Waals surface area contributed by atoms with Gasteiger partial charge in [-0.3, -0.25) is 4.79 Å². The zero-order valence-corrected chi connectivity index (χ0v) is 10.7. The van der Waals surface area contributed by atoms with E-state index in [1.54, 1.807) is 0 Å². The molecule has 1 aromatic heterocycles. The summed E-state index contributed by atoms with van der Waals surface area (Å²) in [4.78, 5) is 15.9. The largest absolute Gasteiger partial charge is 0.397 e. The molecule has 0 radical (unpaired) electrons. The van der Waals surface area contributed by atoms with Gasteiger partial charge in [-0.1, -0.05) is 11.6 Å². The number of aromatic nitrogens is 1. The molecule has 98 valence electrons. The second-order valence-corrected chi connectivity index (χ2v) is 4.94. The Labute approximate surface area is 110 Å². The van der Waals surface area contributed by atoms with Gasteiger partial charge in [0.2, 0.25) is 0 Å². The highest BCUT2D eigenvalue weighted by molar-refractivity contribution is 6.32. The highest BCUT2D eigenvalue weighted by atomic mass is 35.5. The summed E-state index contributed by atoms with van der Waals surface area (Å²) in [6, 6.07) is 1.60. The molecule has 1 fully saturated rings. The standard InChI is InChI=1S/C12H16ClN3O2/c13-11-10(5-7(14)6-15-11)12(18)16-8-1-3-9(17)4-2-8/h5-6,8-9,17H,1-4,14H2,(H,16,18). The number of nitrogens with zero attached hydrogens (tertiary/aromatic N) is 1. The average molecular weight is 270 g/mol. The van der Waals surface area contributed by atoms with Crippen LogP contribution in [0.2, 0.25) is 5.15 Å². The lowest BCUT2D eigenvalue weighted by Crippen LogP contribution is -2.38. The van der Waals surface area contributed by atoms with Crippen molar-refractivity contribution in [1.82, 2.24) is 10.3 Å². The molecule has 1 aliphatic carbocycles. The van der Waals surface area contributed by atoms with Crippen LogP contribution in [-0.2, 0) is 0 Å². The number of nitrogens with one attached hydrogen (secondary N) is 1. The van der Waals surface area contributed by atoms with Crippen LogP contribution >= 0.6 is 11.6 Å². The number of hydrogen-bond acceptors (Lipinski definition) is 4. The number of aliphatic hydroxyl groups is 1. The highest BCUT2D eigenvalue weighted by Gasteiger charge is 2.22. The number of hydrogen-bond donors (Lipinski definition) is 3. The maximum absolute atomic E-state index is 12.0. The molecule has 1 aromatic rings. The zero-order chi connectivity index (χ0) is 13.1. The second kappa shape index (κ2) is 5.54. The molecule has 5 nitrogen and oxygen atoms in total. The van der Waals surface area contributed by atoms with Crippen LogP contribution in [0.5, 0.6) is 0 Å². The molecule has 1 aliphatic rings. The lowest BCUT2D eigenvalue weighted by atomic mass is 9.93. The van der Waals surface area contributed by atoms with Crippen LogP contribution in [0, 0.1) is 0 Å². The smallest absolute Gasteiger partial charge is 0.254 e. The molecule has 0 aliphatic heterocycles. The fraction of sp³-hybridized carbons (Fsp3) is 0.500. The minimum absolute atomic E-state index is 0.0818. The Morgan fingerprint density at radius 2 is 2.11 bits per heavy atom. The van der Waals surface area contributed by atoms with Crippen LogP contribution in [0.25, 0.3) is 0 Å². The van der Waals surface area contributed by atoms with E-state index in [1.807, 2.05) is 0 Å². The molecule has 2 rings (SSSR count). The van der Waals surface area contributed by atoms with Crippen LogP contribution in [0.15, 0.2) is 12.3 Å². The summed E-state index contributed by atoms with van der Waals surface area (Å²) in [5.74, 6) is -0.263. The predicted molar refractivity (Wildman–Crippen MR) is 69.4 cm³/mol. The van der Waals surface area contributed by atoms with Crippen molar-refractivity contribution < 1.29 is 9.90 Å². The number of anilines is 1. The van der Waals surface area contributed by atoms with Gasteiger partial charge >= 0.3 is 0 Å². The molecule has 4 N–H and O–H groups in total. The van der Waals surface area contributed by atoms with E-state index in [2.05, 4.69) is 10.3 Å². The number of amides is 1. The summed E-state index contributed by atoms with van der Waals surface area (Å²) in [5.41, 5.74) is 6.28. The average Bonchev–Trinajstić information content (AvgIpc) is 2.35. The number of nitrogens with two attached hydrogens (primary N) is 1. The lowest BCUT2D eigenvalue weighted by molar-refractivity contribution is 0.0867. The first-order chi connectivity index (χ1) is 8.56. The third-order valence-corrected chi connectivity index (χ3v) is 3.44. The van der Waals surface area contributed by atoms with Crippen molar-refractivity contribution >= 4 is 23.2 Å². The third kappa shape index (κ3) is 3.11. The van der Waals surface area contributed by atoms with E-state index >= 15 is 0 Å². The van der Waals surface area contributed by atoms with Crippen molar-refractivity contribution in [1.29, 1.82) is 0 Å². The van der Waals surface area contributed by atoms with E-state index in [1.165, 1.54) is 12.3 Å². The minimum atomic E-state index is -0.263. The van der Waals surface area contributed by atoms with Crippen molar-refractivity contribution in [2.24, 2.45) is 0 Å². The quantitative estimate of drug-likeness (QED) is 0.707. The predicted octanol–water partition coefficient (Wildman–Crippen LogP) is 1.35. The molecule has 0 saturated heterocycles. The van der Waals surface area contributed by atoms with Crippen LogP contribution in [-0.4, -0.2) is 28.1 Å². The summed E-state index contributed by atoms with van der Waals surface area (Å²) in [6.45, 7) is 0. The molecule has 18 heavy (non-hydrogen) atoms.